The number of hydrogen-bond acceptors (Lipinski definition) is 5. The lowest BCUT2D eigenvalue weighted by Gasteiger charge is -2.17. The standard InChI is InChI=1S/C19H23N3O3/c1-2-24-17-11-14(13-22-9-3-4-10-22)5-7-16(17)25-18-8-6-15(12-21-18)19(20)23/h5-8,11-12H,2-4,9-10,13H2,1H3,(H2,20,23). The molecule has 0 atom stereocenters. The molecular formula is C19H23N3O3. The molecule has 132 valence electrons. The molecule has 1 aliphatic rings. The van der Waals surface area contributed by atoms with E-state index in [0.717, 1.165) is 19.6 Å². The fourth-order valence-corrected chi connectivity index (χ4v) is 2.90. The summed E-state index contributed by atoms with van der Waals surface area (Å²) in [6.07, 6.45) is 3.94. The third-order valence-corrected chi connectivity index (χ3v) is 4.15. The predicted octanol–water partition coefficient (Wildman–Crippen LogP) is 2.97. The molecule has 0 spiro atoms. The molecule has 0 bridgehead atoms. The second kappa shape index (κ2) is 7.98. The summed E-state index contributed by atoms with van der Waals surface area (Å²) in [5, 5.41) is 0. The van der Waals surface area contributed by atoms with Gasteiger partial charge >= 0.3 is 0 Å². The van der Waals surface area contributed by atoms with Crippen molar-refractivity contribution in [1.82, 2.24) is 9.88 Å². The largest absolute Gasteiger partial charge is 0.490 e. The molecule has 0 radical (unpaired) electrons. The molecule has 2 N–H and O–H groups in total. The summed E-state index contributed by atoms with van der Waals surface area (Å²) in [5.74, 6) is 1.17. The third-order valence-electron chi connectivity index (χ3n) is 4.15. The zero-order chi connectivity index (χ0) is 17.6. The highest BCUT2D eigenvalue weighted by Gasteiger charge is 2.14. The van der Waals surface area contributed by atoms with Gasteiger partial charge < -0.3 is 15.2 Å². The number of amides is 1. The fraction of sp³-hybridized carbons (Fsp3) is 0.368. The van der Waals surface area contributed by atoms with Crippen molar-refractivity contribution in [1.29, 1.82) is 0 Å². The minimum atomic E-state index is -0.514. The number of aromatic nitrogens is 1. The molecular weight excluding hydrogens is 318 g/mol. The number of hydrogen-bond donors (Lipinski definition) is 1. The van der Waals surface area contributed by atoms with Crippen molar-refractivity contribution < 1.29 is 14.3 Å². The lowest BCUT2D eigenvalue weighted by atomic mass is 10.2. The Labute approximate surface area is 147 Å². The maximum Gasteiger partial charge on any atom is 0.250 e. The summed E-state index contributed by atoms with van der Waals surface area (Å²) < 4.78 is 11.6. The first kappa shape index (κ1) is 17.2. The van der Waals surface area contributed by atoms with Gasteiger partial charge in [-0.1, -0.05) is 6.07 Å². The van der Waals surface area contributed by atoms with Crippen LogP contribution in [-0.4, -0.2) is 35.5 Å². The SMILES string of the molecule is CCOc1cc(CN2CCCC2)ccc1Oc1ccc(C(N)=O)cn1. The number of nitrogens with two attached hydrogens (primary N) is 1. The first-order chi connectivity index (χ1) is 12.2. The number of nitrogens with zero attached hydrogens (tertiary/aromatic N) is 2. The van der Waals surface area contributed by atoms with Gasteiger partial charge in [0.25, 0.3) is 0 Å². The Bertz CT molecular complexity index is 725. The topological polar surface area (TPSA) is 77.7 Å². The molecule has 3 rings (SSSR count). The molecule has 6 heteroatoms. The molecule has 2 aromatic rings. The van der Waals surface area contributed by atoms with Crippen molar-refractivity contribution in [2.75, 3.05) is 19.7 Å². The summed E-state index contributed by atoms with van der Waals surface area (Å²) in [4.78, 5) is 17.7. The van der Waals surface area contributed by atoms with Gasteiger partial charge in [-0.2, -0.15) is 0 Å². The second-order valence-electron chi connectivity index (χ2n) is 6.05. The maximum atomic E-state index is 11.1. The first-order valence-corrected chi connectivity index (χ1v) is 8.57. The van der Waals surface area contributed by atoms with E-state index in [0.29, 0.717) is 29.5 Å². The summed E-state index contributed by atoms with van der Waals surface area (Å²) in [6, 6.07) is 9.18. The van der Waals surface area contributed by atoms with Crippen molar-refractivity contribution in [2.24, 2.45) is 5.73 Å². The first-order valence-electron chi connectivity index (χ1n) is 8.57. The molecule has 1 aromatic heterocycles. The van der Waals surface area contributed by atoms with Gasteiger partial charge in [-0.05, 0) is 56.6 Å². The zero-order valence-corrected chi connectivity index (χ0v) is 14.4. The highest BCUT2D eigenvalue weighted by Crippen LogP contribution is 2.32. The maximum absolute atomic E-state index is 11.1. The lowest BCUT2D eigenvalue weighted by molar-refractivity contribution is 0.1000. The van der Waals surface area contributed by atoms with Gasteiger partial charge in [-0.25, -0.2) is 4.98 Å². The van der Waals surface area contributed by atoms with E-state index in [-0.39, 0.29) is 0 Å². The van der Waals surface area contributed by atoms with E-state index in [9.17, 15) is 4.79 Å². The normalized spacial score (nSPS) is 14.4. The molecule has 6 nitrogen and oxygen atoms in total. The average Bonchev–Trinajstić information content (AvgIpc) is 3.11. The summed E-state index contributed by atoms with van der Waals surface area (Å²) >= 11 is 0. The molecule has 1 saturated heterocycles. The predicted molar refractivity (Wildman–Crippen MR) is 95.0 cm³/mol. The van der Waals surface area contributed by atoms with E-state index in [1.54, 1.807) is 12.1 Å². The number of primary amides is 1. The number of pyridine rings is 1. The Morgan fingerprint density at radius 1 is 1.20 bits per heavy atom. The number of ether oxygens (including phenoxy) is 2. The van der Waals surface area contributed by atoms with Gasteiger partial charge in [-0.15, -0.1) is 0 Å². The third kappa shape index (κ3) is 4.48. The summed E-state index contributed by atoms with van der Waals surface area (Å²) in [5.41, 5.74) is 6.77. The van der Waals surface area contributed by atoms with Crippen LogP contribution in [0.4, 0.5) is 0 Å². The highest BCUT2D eigenvalue weighted by atomic mass is 16.5. The molecule has 2 heterocycles. The molecule has 1 amide bonds. The van der Waals surface area contributed by atoms with Gasteiger partial charge in [0.05, 0.1) is 12.2 Å². The summed E-state index contributed by atoms with van der Waals surface area (Å²) in [7, 11) is 0. The van der Waals surface area contributed by atoms with Crippen molar-refractivity contribution in [3.8, 4) is 17.4 Å². The molecule has 25 heavy (non-hydrogen) atoms. The average molecular weight is 341 g/mol. The van der Waals surface area contributed by atoms with E-state index >= 15 is 0 Å². The smallest absolute Gasteiger partial charge is 0.250 e. The fourth-order valence-electron chi connectivity index (χ4n) is 2.90. The van der Waals surface area contributed by atoms with Crippen LogP contribution >= 0.6 is 0 Å². The number of carbonyl (C=O) groups excluding carboxylic acids is 1. The summed E-state index contributed by atoms with van der Waals surface area (Å²) in [6.45, 7) is 5.72. The van der Waals surface area contributed by atoms with E-state index in [2.05, 4.69) is 9.88 Å². The van der Waals surface area contributed by atoms with Crippen molar-refractivity contribution in [3.63, 3.8) is 0 Å². The van der Waals surface area contributed by atoms with Gasteiger partial charge in [0.2, 0.25) is 11.8 Å². The van der Waals surface area contributed by atoms with Crippen LogP contribution in [0.25, 0.3) is 0 Å². The molecule has 0 unspecified atom stereocenters. The van der Waals surface area contributed by atoms with Gasteiger partial charge in [-0.3, -0.25) is 9.69 Å². The number of rotatable bonds is 7. The quantitative estimate of drug-likeness (QED) is 0.838. The Morgan fingerprint density at radius 2 is 2.00 bits per heavy atom. The minimum Gasteiger partial charge on any atom is -0.490 e. The molecule has 0 aliphatic carbocycles. The van der Waals surface area contributed by atoms with E-state index in [1.807, 2.05) is 25.1 Å². The van der Waals surface area contributed by atoms with Crippen LogP contribution in [0.5, 0.6) is 17.4 Å². The van der Waals surface area contributed by atoms with Crippen molar-refractivity contribution in [2.45, 2.75) is 26.3 Å². The van der Waals surface area contributed by atoms with Crippen molar-refractivity contribution >= 4 is 5.91 Å². The Hall–Kier alpha value is -2.60. The van der Waals surface area contributed by atoms with Crippen LogP contribution in [0.3, 0.4) is 0 Å². The van der Waals surface area contributed by atoms with Crippen LogP contribution in [0.1, 0.15) is 35.7 Å². The Balaban J connectivity index is 1.75. The Kier molecular flexibility index (Phi) is 5.50. The van der Waals surface area contributed by atoms with Crippen LogP contribution in [0, 0.1) is 0 Å². The van der Waals surface area contributed by atoms with Crippen LogP contribution in [-0.2, 0) is 6.54 Å². The van der Waals surface area contributed by atoms with Crippen LogP contribution in [0.15, 0.2) is 36.5 Å². The number of benzene rings is 1. The van der Waals surface area contributed by atoms with Crippen LogP contribution < -0.4 is 15.2 Å². The molecule has 1 aromatic carbocycles. The lowest BCUT2D eigenvalue weighted by Crippen LogP contribution is -2.18. The van der Waals surface area contributed by atoms with E-state index in [4.69, 9.17) is 15.2 Å². The number of carbonyl (C=O) groups is 1. The molecule has 0 saturated carbocycles. The number of likely N-dealkylation sites (tertiary alicyclic amines) is 1. The minimum absolute atomic E-state index is 0.346. The van der Waals surface area contributed by atoms with Crippen molar-refractivity contribution in [3.05, 3.63) is 47.7 Å². The van der Waals surface area contributed by atoms with Gasteiger partial charge in [0, 0.05) is 18.8 Å². The molecule has 1 fully saturated rings. The van der Waals surface area contributed by atoms with E-state index < -0.39 is 5.91 Å². The Morgan fingerprint density at radius 3 is 2.64 bits per heavy atom. The zero-order valence-electron chi connectivity index (χ0n) is 14.4. The van der Waals surface area contributed by atoms with Gasteiger partial charge in [0.15, 0.2) is 11.5 Å². The van der Waals surface area contributed by atoms with Crippen LogP contribution in [0.2, 0.25) is 0 Å². The second-order valence-corrected chi connectivity index (χ2v) is 6.05. The monoisotopic (exact) mass is 341 g/mol. The van der Waals surface area contributed by atoms with E-state index in [1.165, 1.54) is 24.6 Å². The van der Waals surface area contributed by atoms with Gasteiger partial charge in [0.1, 0.15) is 0 Å². The highest BCUT2D eigenvalue weighted by molar-refractivity contribution is 5.92. The molecule has 1 aliphatic heterocycles.